The van der Waals surface area contributed by atoms with Crippen LogP contribution in [-0.4, -0.2) is 43.1 Å². The van der Waals surface area contributed by atoms with Gasteiger partial charge in [0.05, 0.1) is 30.1 Å². The van der Waals surface area contributed by atoms with Gasteiger partial charge in [-0.05, 0) is 79.1 Å². The van der Waals surface area contributed by atoms with E-state index in [1.165, 1.54) is 12.6 Å². The lowest BCUT2D eigenvalue weighted by atomic mass is 9.95. The molecule has 10 heteroatoms. The van der Waals surface area contributed by atoms with Crippen LogP contribution in [0.3, 0.4) is 0 Å². The van der Waals surface area contributed by atoms with Crippen molar-refractivity contribution >= 4 is 35.6 Å². The van der Waals surface area contributed by atoms with Gasteiger partial charge in [-0.2, -0.15) is 5.10 Å². The maximum Gasteiger partial charge on any atom is 0.343 e. The summed E-state index contributed by atoms with van der Waals surface area (Å²) in [6.07, 6.45) is 6.52. The van der Waals surface area contributed by atoms with Gasteiger partial charge in [0.25, 0.3) is 5.91 Å². The van der Waals surface area contributed by atoms with E-state index in [-0.39, 0.29) is 23.2 Å². The van der Waals surface area contributed by atoms with E-state index in [9.17, 15) is 19.2 Å². The Bertz CT molecular complexity index is 1380. The number of benzene rings is 3. The largest absolute Gasteiger partial charge is 0.497 e. The van der Waals surface area contributed by atoms with Crippen molar-refractivity contribution in [3.8, 4) is 11.5 Å². The van der Waals surface area contributed by atoms with Gasteiger partial charge < -0.3 is 20.1 Å². The first-order valence-corrected chi connectivity index (χ1v) is 12.9. The second kappa shape index (κ2) is 13.7. The molecular formula is C30H30N4O6. The molecule has 10 nitrogen and oxygen atoms in total. The second-order valence-electron chi connectivity index (χ2n) is 9.19. The van der Waals surface area contributed by atoms with Crippen LogP contribution < -0.4 is 25.5 Å². The summed E-state index contributed by atoms with van der Waals surface area (Å²) < 4.78 is 10.4. The molecule has 4 rings (SSSR count). The molecule has 1 saturated carbocycles. The molecular weight excluding hydrogens is 512 g/mol. The number of nitrogens with one attached hydrogen (secondary N) is 3. The highest BCUT2D eigenvalue weighted by atomic mass is 16.5. The maximum absolute atomic E-state index is 12.8. The van der Waals surface area contributed by atoms with E-state index in [0.717, 1.165) is 25.7 Å². The Kier molecular flexibility index (Phi) is 9.60. The molecule has 1 aliphatic rings. The molecule has 3 amide bonds. The average molecular weight is 543 g/mol. The zero-order valence-electron chi connectivity index (χ0n) is 22.0. The number of carbonyl (C=O) groups is 4. The number of rotatable bonds is 8. The van der Waals surface area contributed by atoms with E-state index in [4.69, 9.17) is 9.47 Å². The zero-order chi connectivity index (χ0) is 28.3. The summed E-state index contributed by atoms with van der Waals surface area (Å²) in [6.45, 7) is 0. The molecule has 3 aromatic carbocycles. The van der Waals surface area contributed by atoms with Crippen molar-refractivity contribution < 1.29 is 28.7 Å². The summed E-state index contributed by atoms with van der Waals surface area (Å²) in [5.74, 6) is -1.81. The number of para-hydroxylation sites is 1. The number of amides is 3. The van der Waals surface area contributed by atoms with Crippen molar-refractivity contribution in [2.24, 2.45) is 5.10 Å². The van der Waals surface area contributed by atoms with Crippen molar-refractivity contribution in [2.45, 2.75) is 38.1 Å². The Morgan fingerprint density at radius 2 is 1.50 bits per heavy atom. The third-order valence-electron chi connectivity index (χ3n) is 6.36. The first-order valence-electron chi connectivity index (χ1n) is 12.9. The number of nitrogens with zero attached hydrogens (tertiary/aromatic N) is 1. The van der Waals surface area contributed by atoms with Crippen LogP contribution in [0, 0.1) is 0 Å². The van der Waals surface area contributed by atoms with Crippen LogP contribution in [-0.2, 0) is 9.59 Å². The van der Waals surface area contributed by atoms with Crippen LogP contribution in [0.25, 0.3) is 0 Å². The molecule has 0 atom stereocenters. The quantitative estimate of drug-likeness (QED) is 0.129. The van der Waals surface area contributed by atoms with Crippen molar-refractivity contribution in [1.82, 2.24) is 10.7 Å². The van der Waals surface area contributed by atoms with Gasteiger partial charge in [0.15, 0.2) is 0 Å². The van der Waals surface area contributed by atoms with Crippen molar-refractivity contribution in [3.63, 3.8) is 0 Å². The number of hydrogen-bond donors (Lipinski definition) is 3. The van der Waals surface area contributed by atoms with E-state index in [2.05, 4.69) is 21.2 Å². The van der Waals surface area contributed by atoms with Gasteiger partial charge in [-0.25, -0.2) is 10.2 Å². The highest BCUT2D eigenvalue weighted by molar-refractivity contribution is 6.40. The molecule has 40 heavy (non-hydrogen) atoms. The van der Waals surface area contributed by atoms with Gasteiger partial charge in [0, 0.05) is 6.04 Å². The number of esters is 1. The van der Waals surface area contributed by atoms with Gasteiger partial charge in [0.2, 0.25) is 0 Å². The number of anilines is 1. The molecule has 1 aliphatic carbocycles. The first-order chi connectivity index (χ1) is 19.4. The molecule has 0 aromatic heterocycles. The minimum atomic E-state index is -0.996. The third kappa shape index (κ3) is 7.76. The lowest BCUT2D eigenvalue weighted by molar-refractivity contribution is -0.136. The SMILES string of the molecule is COc1ccc(C(=O)Oc2ccc(/C=N/NC(=O)C(=O)Nc3ccccc3C(=O)NC3CCCCC3)cc2)cc1. The van der Waals surface area contributed by atoms with E-state index in [0.29, 0.717) is 22.6 Å². The lowest BCUT2D eigenvalue weighted by Crippen LogP contribution is -2.37. The maximum atomic E-state index is 12.8. The van der Waals surface area contributed by atoms with Crippen LogP contribution in [0.2, 0.25) is 0 Å². The standard InChI is InChI=1S/C30H30N4O6/c1-39-23-17-13-21(14-18-23)30(38)40-24-15-11-20(12-16-24)19-31-34-29(37)28(36)33-26-10-6-5-9-25(26)27(35)32-22-7-3-2-4-8-22/h5-6,9-19,22H,2-4,7-8H2,1H3,(H,32,35)(H,33,36)(H,34,37)/b31-19+. The van der Waals surface area contributed by atoms with E-state index in [1.807, 2.05) is 0 Å². The van der Waals surface area contributed by atoms with Crippen molar-refractivity contribution in [3.05, 3.63) is 89.5 Å². The topological polar surface area (TPSA) is 135 Å². The molecule has 3 N–H and O–H groups in total. The number of methoxy groups -OCH3 is 1. The van der Waals surface area contributed by atoms with E-state index < -0.39 is 17.8 Å². The van der Waals surface area contributed by atoms with Crippen molar-refractivity contribution in [2.75, 3.05) is 12.4 Å². The third-order valence-corrected chi connectivity index (χ3v) is 6.36. The van der Waals surface area contributed by atoms with Crippen LogP contribution in [0.5, 0.6) is 11.5 Å². The van der Waals surface area contributed by atoms with Gasteiger partial charge in [-0.3, -0.25) is 14.4 Å². The van der Waals surface area contributed by atoms with Crippen LogP contribution in [0.4, 0.5) is 5.69 Å². The molecule has 0 radical (unpaired) electrons. The van der Waals surface area contributed by atoms with Gasteiger partial charge in [0.1, 0.15) is 11.5 Å². The van der Waals surface area contributed by atoms with Gasteiger partial charge >= 0.3 is 17.8 Å². The molecule has 0 spiro atoms. The minimum absolute atomic E-state index is 0.109. The minimum Gasteiger partial charge on any atom is -0.497 e. The lowest BCUT2D eigenvalue weighted by Gasteiger charge is -2.23. The molecule has 0 unspecified atom stereocenters. The predicted molar refractivity (Wildman–Crippen MR) is 150 cm³/mol. The normalized spacial score (nSPS) is 13.3. The number of carbonyl (C=O) groups excluding carboxylic acids is 4. The summed E-state index contributed by atoms with van der Waals surface area (Å²) in [6, 6.07) is 19.6. The Labute approximate surface area is 231 Å². The molecule has 206 valence electrons. The molecule has 0 heterocycles. The smallest absolute Gasteiger partial charge is 0.343 e. The monoisotopic (exact) mass is 542 g/mol. The summed E-state index contributed by atoms with van der Waals surface area (Å²) in [5.41, 5.74) is 3.65. The molecule has 0 aliphatic heterocycles. The average Bonchev–Trinajstić information content (AvgIpc) is 2.98. The second-order valence-corrected chi connectivity index (χ2v) is 9.19. The highest BCUT2D eigenvalue weighted by Crippen LogP contribution is 2.20. The number of hydrazone groups is 1. The van der Waals surface area contributed by atoms with E-state index in [1.54, 1.807) is 79.9 Å². The Hall–Kier alpha value is -4.99. The first kappa shape index (κ1) is 28.0. The van der Waals surface area contributed by atoms with Crippen molar-refractivity contribution in [1.29, 1.82) is 0 Å². The summed E-state index contributed by atoms with van der Waals surface area (Å²) in [5, 5.41) is 9.30. The van der Waals surface area contributed by atoms with Gasteiger partial charge in [-0.1, -0.05) is 31.4 Å². The summed E-state index contributed by atoms with van der Waals surface area (Å²) >= 11 is 0. The Morgan fingerprint density at radius 3 is 2.20 bits per heavy atom. The summed E-state index contributed by atoms with van der Waals surface area (Å²) in [7, 11) is 1.54. The number of ether oxygens (including phenoxy) is 2. The van der Waals surface area contributed by atoms with Crippen LogP contribution in [0.15, 0.2) is 77.9 Å². The van der Waals surface area contributed by atoms with E-state index >= 15 is 0 Å². The fourth-order valence-electron chi connectivity index (χ4n) is 4.21. The fraction of sp³-hybridized carbons (Fsp3) is 0.233. The molecule has 3 aromatic rings. The Balaban J connectivity index is 1.27. The van der Waals surface area contributed by atoms with Crippen LogP contribution in [0.1, 0.15) is 58.4 Å². The highest BCUT2D eigenvalue weighted by Gasteiger charge is 2.21. The predicted octanol–water partition coefficient (Wildman–Crippen LogP) is 4.07. The van der Waals surface area contributed by atoms with Crippen LogP contribution >= 0.6 is 0 Å². The zero-order valence-corrected chi connectivity index (χ0v) is 22.0. The fourth-order valence-corrected chi connectivity index (χ4v) is 4.21. The van der Waals surface area contributed by atoms with Gasteiger partial charge in [-0.15, -0.1) is 0 Å². The Morgan fingerprint density at radius 1 is 0.825 bits per heavy atom. The molecule has 0 bridgehead atoms. The molecule has 1 fully saturated rings. The number of hydrogen-bond acceptors (Lipinski definition) is 7. The summed E-state index contributed by atoms with van der Waals surface area (Å²) in [4.78, 5) is 49.8. The molecule has 0 saturated heterocycles.